The summed E-state index contributed by atoms with van der Waals surface area (Å²) in [4.78, 5) is 24.4. The Bertz CT molecular complexity index is 814. The van der Waals surface area contributed by atoms with E-state index >= 15 is 0 Å². The number of piperidine rings is 1. The smallest absolute Gasteiger partial charge is 0.309 e. The van der Waals surface area contributed by atoms with E-state index in [1.165, 1.54) is 4.31 Å². The number of ether oxygens (including phenoxy) is 1. The molecule has 1 unspecified atom stereocenters. The van der Waals surface area contributed by atoms with Crippen molar-refractivity contribution >= 4 is 21.9 Å². The molecular formula is C20H30N2O5S. The van der Waals surface area contributed by atoms with Gasteiger partial charge >= 0.3 is 5.97 Å². The van der Waals surface area contributed by atoms with Crippen LogP contribution in [-0.4, -0.2) is 50.3 Å². The second-order valence-electron chi connectivity index (χ2n) is 7.29. The number of carbonyl (C=O) groups excluding carboxylic acids is 2. The van der Waals surface area contributed by atoms with E-state index in [0.717, 1.165) is 17.5 Å². The van der Waals surface area contributed by atoms with Crippen molar-refractivity contribution in [2.75, 3.05) is 19.6 Å². The Kier molecular flexibility index (Phi) is 7.60. The van der Waals surface area contributed by atoms with Gasteiger partial charge in [0.2, 0.25) is 10.0 Å². The monoisotopic (exact) mass is 410 g/mol. The summed E-state index contributed by atoms with van der Waals surface area (Å²) in [6.07, 6.45) is 0.717. The number of amides is 1. The number of carbonyl (C=O) groups is 2. The summed E-state index contributed by atoms with van der Waals surface area (Å²) in [6.45, 7) is 8.35. The van der Waals surface area contributed by atoms with Crippen LogP contribution in [-0.2, 0) is 24.3 Å². The van der Waals surface area contributed by atoms with Crippen molar-refractivity contribution in [2.24, 2.45) is 5.92 Å². The van der Waals surface area contributed by atoms with E-state index in [2.05, 4.69) is 5.32 Å². The number of rotatable bonds is 7. The Morgan fingerprint density at radius 3 is 2.43 bits per heavy atom. The fraction of sp³-hybridized carbons (Fsp3) is 0.600. The summed E-state index contributed by atoms with van der Waals surface area (Å²) < 4.78 is 32.4. The van der Waals surface area contributed by atoms with Crippen LogP contribution in [0.1, 0.15) is 44.2 Å². The van der Waals surface area contributed by atoms with Crippen molar-refractivity contribution in [1.82, 2.24) is 9.62 Å². The Morgan fingerprint density at radius 2 is 1.86 bits per heavy atom. The van der Waals surface area contributed by atoms with Crippen molar-refractivity contribution < 1.29 is 22.7 Å². The van der Waals surface area contributed by atoms with Gasteiger partial charge in [0.1, 0.15) is 0 Å². The second kappa shape index (κ2) is 9.52. The zero-order valence-corrected chi connectivity index (χ0v) is 17.8. The molecular weight excluding hydrogens is 380 g/mol. The normalized spacial score (nSPS) is 17.1. The molecule has 1 fully saturated rings. The maximum absolute atomic E-state index is 12.9. The highest BCUT2D eigenvalue weighted by molar-refractivity contribution is 7.89. The lowest BCUT2D eigenvalue weighted by Crippen LogP contribution is -2.42. The van der Waals surface area contributed by atoms with Gasteiger partial charge in [0.25, 0.3) is 5.91 Å². The summed E-state index contributed by atoms with van der Waals surface area (Å²) in [7, 11) is -3.58. The zero-order valence-electron chi connectivity index (χ0n) is 17.0. The minimum atomic E-state index is -3.58. The van der Waals surface area contributed by atoms with Crippen LogP contribution in [0.3, 0.4) is 0 Å². The average molecular weight is 411 g/mol. The minimum Gasteiger partial charge on any atom is -0.452 e. The summed E-state index contributed by atoms with van der Waals surface area (Å²) in [5, 5.41) is 2.69. The SMILES string of the molecule is CCCNC(=O)C(C)OC(=O)C1CCN(S(=O)(=O)c2ccc(C)c(C)c2)CC1. The number of benzene rings is 1. The van der Waals surface area contributed by atoms with Crippen LogP contribution < -0.4 is 5.32 Å². The van der Waals surface area contributed by atoms with Gasteiger partial charge in [-0.25, -0.2) is 8.42 Å². The third-order valence-corrected chi connectivity index (χ3v) is 7.01. The molecule has 8 heteroatoms. The van der Waals surface area contributed by atoms with Gasteiger partial charge in [0.05, 0.1) is 10.8 Å². The molecule has 1 amide bonds. The molecule has 1 N–H and O–H groups in total. The van der Waals surface area contributed by atoms with Crippen molar-refractivity contribution in [3.8, 4) is 0 Å². The number of aryl methyl sites for hydroxylation is 2. The third-order valence-electron chi connectivity index (χ3n) is 5.11. The number of sulfonamides is 1. The van der Waals surface area contributed by atoms with Crippen LogP contribution in [0.2, 0.25) is 0 Å². The van der Waals surface area contributed by atoms with Gasteiger partial charge in [0.15, 0.2) is 6.10 Å². The molecule has 1 saturated heterocycles. The second-order valence-corrected chi connectivity index (χ2v) is 9.23. The molecule has 1 aromatic rings. The molecule has 0 aliphatic carbocycles. The Balaban J connectivity index is 1.93. The van der Waals surface area contributed by atoms with Crippen LogP contribution in [0.15, 0.2) is 23.1 Å². The molecule has 7 nitrogen and oxygen atoms in total. The highest BCUT2D eigenvalue weighted by atomic mass is 32.2. The maximum atomic E-state index is 12.9. The first-order chi connectivity index (χ1) is 13.2. The average Bonchev–Trinajstić information content (AvgIpc) is 2.68. The summed E-state index contributed by atoms with van der Waals surface area (Å²) in [5.41, 5.74) is 1.97. The van der Waals surface area contributed by atoms with E-state index in [9.17, 15) is 18.0 Å². The lowest BCUT2D eigenvalue weighted by atomic mass is 9.98. The topological polar surface area (TPSA) is 92.8 Å². The summed E-state index contributed by atoms with van der Waals surface area (Å²) >= 11 is 0. The van der Waals surface area contributed by atoms with Crippen molar-refractivity contribution in [3.05, 3.63) is 29.3 Å². The first-order valence-electron chi connectivity index (χ1n) is 9.72. The quantitative estimate of drug-likeness (QED) is 0.696. The first kappa shape index (κ1) is 22.4. The van der Waals surface area contributed by atoms with Gasteiger partial charge in [-0.3, -0.25) is 9.59 Å². The minimum absolute atomic E-state index is 0.255. The molecule has 1 heterocycles. The van der Waals surface area contributed by atoms with Crippen LogP contribution in [0.4, 0.5) is 0 Å². The van der Waals surface area contributed by atoms with Gasteiger partial charge in [-0.05, 0) is 63.3 Å². The van der Waals surface area contributed by atoms with Gasteiger partial charge in [-0.2, -0.15) is 4.31 Å². The van der Waals surface area contributed by atoms with Crippen molar-refractivity contribution in [2.45, 2.75) is 58.0 Å². The fourth-order valence-electron chi connectivity index (χ4n) is 3.07. The lowest BCUT2D eigenvalue weighted by molar-refractivity contribution is -0.159. The van der Waals surface area contributed by atoms with Crippen molar-refractivity contribution in [1.29, 1.82) is 0 Å². The van der Waals surface area contributed by atoms with E-state index in [0.29, 0.717) is 19.4 Å². The van der Waals surface area contributed by atoms with Gasteiger partial charge in [0, 0.05) is 19.6 Å². The van der Waals surface area contributed by atoms with E-state index in [4.69, 9.17) is 4.74 Å². The Labute approximate surface area is 167 Å². The van der Waals surface area contributed by atoms with Gasteiger partial charge in [-0.15, -0.1) is 0 Å². The lowest BCUT2D eigenvalue weighted by Gasteiger charge is -2.30. The maximum Gasteiger partial charge on any atom is 0.309 e. The van der Waals surface area contributed by atoms with E-state index in [-0.39, 0.29) is 23.9 Å². The molecule has 1 aromatic carbocycles. The molecule has 0 aromatic heterocycles. The first-order valence-corrected chi connectivity index (χ1v) is 11.2. The summed E-state index contributed by atoms with van der Waals surface area (Å²) in [5.74, 6) is -1.15. The van der Waals surface area contributed by atoms with E-state index in [1.807, 2.05) is 20.8 Å². The number of nitrogens with one attached hydrogen (secondary N) is 1. The molecule has 28 heavy (non-hydrogen) atoms. The van der Waals surface area contributed by atoms with Gasteiger partial charge in [-0.1, -0.05) is 13.0 Å². The zero-order chi connectivity index (χ0) is 20.9. The van der Waals surface area contributed by atoms with Crippen molar-refractivity contribution in [3.63, 3.8) is 0 Å². The summed E-state index contributed by atoms with van der Waals surface area (Å²) in [6, 6.07) is 5.10. The number of nitrogens with zero attached hydrogens (tertiary/aromatic N) is 1. The predicted octanol–water partition coefficient (Wildman–Crippen LogP) is 2.16. The predicted molar refractivity (Wildman–Crippen MR) is 106 cm³/mol. The number of esters is 1. The van der Waals surface area contributed by atoms with Crippen LogP contribution >= 0.6 is 0 Å². The van der Waals surface area contributed by atoms with Gasteiger partial charge < -0.3 is 10.1 Å². The molecule has 0 spiro atoms. The Morgan fingerprint density at radius 1 is 1.21 bits per heavy atom. The van der Waals surface area contributed by atoms with E-state index < -0.39 is 28.0 Å². The molecule has 2 rings (SSSR count). The highest BCUT2D eigenvalue weighted by Gasteiger charge is 2.34. The molecule has 0 radical (unpaired) electrons. The van der Waals surface area contributed by atoms with Crippen LogP contribution in [0.25, 0.3) is 0 Å². The van der Waals surface area contributed by atoms with Crippen LogP contribution in [0, 0.1) is 19.8 Å². The number of hydrogen-bond acceptors (Lipinski definition) is 5. The molecule has 0 saturated carbocycles. The highest BCUT2D eigenvalue weighted by Crippen LogP contribution is 2.26. The van der Waals surface area contributed by atoms with E-state index in [1.54, 1.807) is 25.1 Å². The molecule has 1 atom stereocenters. The Hall–Kier alpha value is -1.93. The molecule has 1 aliphatic rings. The molecule has 156 valence electrons. The van der Waals surface area contributed by atoms with Crippen LogP contribution in [0.5, 0.6) is 0 Å². The number of hydrogen-bond donors (Lipinski definition) is 1. The fourth-order valence-corrected chi connectivity index (χ4v) is 4.63. The standard InChI is InChI=1S/C20H30N2O5S/c1-5-10-21-19(23)16(4)27-20(24)17-8-11-22(12-9-17)28(25,26)18-7-6-14(2)15(3)13-18/h6-7,13,16-17H,5,8-12H2,1-4H3,(H,21,23). The molecule has 1 aliphatic heterocycles. The molecule has 0 bridgehead atoms. The third kappa shape index (κ3) is 5.32. The largest absolute Gasteiger partial charge is 0.452 e.